The molecule has 0 aliphatic rings. The Bertz CT molecular complexity index is 430. The molecule has 1 aromatic rings. The van der Waals surface area contributed by atoms with Crippen LogP contribution in [0.15, 0.2) is 40.6 Å². The highest BCUT2D eigenvalue weighted by Gasteiger charge is 2.08. The second-order valence-corrected chi connectivity index (χ2v) is 2.97. The topological polar surface area (TPSA) is 54.2 Å². The summed E-state index contributed by atoms with van der Waals surface area (Å²) in [5, 5.41) is 15.7. The van der Waals surface area contributed by atoms with Gasteiger partial charge in [-0.1, -0.05) is 46.6 Å². The van der Waals surface area contributed by atoms with Gasteiger partial charge in [-0.15, -0.1) is 6.42 Å². The third-order valence-electron chi connectivity index (χ3n) is 1.84. The van der Waals surface area contributed by atoms with Gasteiger partial charge in [-0.25, -0.2) is 0 Å². The predicted molar refractivity (Wildman–Crippen MR) is 62.7 cm³/mol. The molecule has 0 saturated heterocycles. The number of hydrogen-bond donors (Lipinski definition) is 1. The summed E-state index contributed by atoms with van der Waals surface area (Å²) in [6, 6.07) is 9.28. The average molecular weight is 216 g/mol. The minimum absolute atomic E-state index is 0.0784. The van der Waals surface area contributed by atoms with Crippen LogP contribution in [0.4, 0.5) is 0 Å². The van der Waals surface area contributed by atoms with Gasteiger partial charge >= 0.3 is 0 Å². The summed E-state index contributed by atoms with van der Waals surface area (Å²) < 4.78 is 0. The number of terminal acetylenes is 1. The van der Waals surface area contributed by atoms with Gasteiger partial charge in [-0.3, -0.25) is 0 Å². The van der Waals surface area contributed by atoms with Crippen molar-refractivity contribution in [2.75, 3.05) is 6.61 Å². The number of nitrogens with zero attached hydrogens (tertiary/aromatic N) is 2. The molecule has 0 amide bonds. The van der Waals surface area contributed by atoms with E-state index in [1.54, 1.807) is 6.92 Å². The summed E-state index contributed by atoms with van der Waals surface area (Å²) in [4.78, 5) is 4.88. The zero-order valence-electron chi connectivity index (χ0n) is 8.92. The molecular weight excluding hydrogens is 204 g/mol. The van der Waals surface area contributed by atoms with Gasteiger partial charge in [-0.2, -0.15) is 0 Å². The predicted octanol–water partition coefficient (Wildman–Crippen LogP) is 1.89. The standard InChI is InChI=1S/C12H12N2O2/c1-3-9-16-14-12(10(2)13-15)11-7-5-4-6-8-11/h1,4-8,15H,9H2,2H3/b13-10?,14-12-. The van der Waals surface area contributed by atoms with Crippen LogP contribution < -0.4 is 0 Å². The van der Waals surface area contributed by atoms with Crippen LogP contribution in [0.3, 0.4) is 0 Å². The van der Waals surface area contributed by atoms with Crippen molar-refractivity contribution in [3.63, 3.8) is 0 Å². The van der Waals surface area contributed by atoms with Crippen LogP contribution in [0.2, 0.25) is 0 Å². The Morgan fingerprint density at radius 3 is 2.69 bits per heavy atom. The molecule has 0 saturated carbocycles. The summed E-state index contributed by atoms with van der Waals surface area (Å²) in [5.41, 5.74) is 1.62. The molecule has 4 heteroatoms. The zero-order valence-corrected chi connectivity index (χ0v) is 8.92. The van der Waals surface area contributed by atoms with E-state index in [-0.39, 0.29) is 6.61 Å². The fraction of sp³-hybridized carbons (Fsp3) is 0.167. The van der Waals surface area contributed by atoms with Crippen LogP contribution in [0.5, 0.6) is 0 Å². The highest BCUT2D eigenvalue weighted by Crippen LogP contribution is 2.03. The average Bonchev–Trinajstić information content (AvgIpc) is 2.35. The van der Waals surface area contributed by atoms with Crippen molar-refractivity contribution in [3.05, 3.63) is 35.9 Å². The molecule has 0 atom stereocenters. The van der Waals surface area contributed by atoms with E-state index in [1.807, 2.05) is 30.3 Å². The Hall–Kier alpha value is -2.28. The van der Waals surface area contributed by atoms with Gasteiger partial charge in [0.2, 0.25) is 0 Å². The number of rotatable bonds is 4. The van der Waals surface area contributed by atoms with Gasteiger partial charge in [-0.05, 0) is 6.92 Å². The van der Waals surface area contributed by atoms with Gasteiger partial charge in [0.05, 0.1) is 0 Å². The second kappa shape index (κ2) is 6.25. The quantitative estimate of drug-likeness (QED) is 0.275. The molecule has 0 spiro atoms. The molecule has 0 unspecified atom stereocenters. The molecule has 0 aliphatic heterocycles. The summed E-state index contributed by atoms with van der Waals surface area (Å²) in [7, 11) is 0. The zero-order chi connectivity index (χ0) is 11.8. The van der Waals surface area contributed by atoms with Crippen molar-refractivity contribution in [2.45, 2.75) is 6.92 Å². The second-order valence-electron chi connectivity index (χ2n) is 2.97. The fourth-order valence-corrected chi connectivity index (χ4v) is 1.11. The van der Waals surface area contributed by atoms with Crippen molar-refractivity contribution in [1.82, 2.24) is 0 Å². The number of benzene rings is 1. The molecule has 0 aliphatic carbocycles. The maximum Gasteiger partial charge on any atom is 0.177 e. The summed E-state index contributed by atoms with van der Waals surface area (Å²) in [6.07, 6.45) is 5.04. The Morgan fingerprint density at radius 2 is 2.12 bits per heavy atom. The van der Waals surface area contributed by atoms with Crippen LogP contribution in [-0.2, 0) is 4.84 Å². The van der Waals surface area contributed by atoms with Gasteiger partial charge in [0.25, 0.3) is 0 Å². The molecule has 0 bridgehead atoms. The van der Waals surface area contributed by atoms with Crippen molar-refractivity contribution in [2.24, 2.45) is 10.3 Å². The Balaban J connectivity index is 2.98. The van der Waals surface area contributed by atoms with E-state index >= 15 is 0 Å². The molecule has 1 aromatic carbocycles. The summed E-state index contributed by atoms with van der Waals surface area (Å²) >= 11 is 0. The molecular formula is C12H12N2O2. The minimum Gasteiger partial charge on any atom is -0.411 e. The van der Waals surface area contributed by atoms with E-state index in [0.29, 0.717) is 11.4 Å². The molecule has 16 heavy (non-hydrogen) atoms. The van der Waals surface area contributed by atoms with E-state index in [4.69, 9.17) is 16.5 Å². The van der Waals surface area contributed by atoms with E-state index in [1.165, 1.54) is 0 Å². The van der Waals surface area contributed by atoms with Gasteiger partial charge in [0, 0.05) is 5.56 Å². The highest BCUT2D eigenvalue weighted by atomic mass is 16.6. The van der Waals surface area contributed by atoms with Crippen LogP contribution in [0.1, 0.15) is 12.5 Å². The maximum atomic E-state index is 8.73. The summed E-state index contributed by atoms with van der Waals surface area (Å²) in [5.74, 6) is 2.30. The lowest BCUT2D eigenvalue weighted by Gasteiger charge is -2.03. The molecule has 82 valence electrons. The first kappa shape index (κ1) is 11.8. The molecule has 0 radical (unpaired) electrons. The van der Waals surface area contributed by atoms with Gasteiger partial charge < -0.3 is 10.0 Å². The maximum absolute atomic E-state index is 8.73. The van der Waals surface area contributed by atoms with E-state index in [2.05, 4.69) is 16.2 Å². The first-order valence-electron chi connectivity index (χ1n) is 4.67. The van der Waals surface area contributed by atoms with Crippen molar-refractivity contribution in [1.29, 1.82) is 0 Å². The van der Waals surface area contributed by atoms with E-state index in [9.17, 15) is 0 Å². The highest BCUT2D eigenvalue weighted by molar-refractivity contribution is 6.47. The number of hydrogen-bond acceptors (Lipinski definition) is 4. The lowest BCUT2D eigenvalue weighted by atomic mass is 10.1. The Kier molecular flexibility index (Phi) is 4.61. The van der Waals surface area contributed by atoms with E-state index in [0.717, 1.165) is 5.56 Å². The van der Waals surface area contributed by atoms with Crippen LogP contribution in [-0.4, -0.2) is 23.2 Å². The molecule has 0 aromatic heterocycles. The van der Waals surface area contributed by atoms with Gasteiger partial charge in [0.15, 0.2) is 6.61 Å². The molecule has 0 heterocycles. The van der Waals surface area contributed by atoms with Crippen LogP contribution >= 0.6 is 0 Å². The van der Waals surface area contributed by atoms with Crippen molar-refractivity contribution in [3.8, 4) is 12.3 Å². The Labute approximate surface area is 94.2 Å². The lowest BCUT2D eigenvalue weighted by Crippen LogP contribution is -2.13. The minimum atomic E-state index is 0.0784. The first-order valence-corrected chi connectivity index (χ1v) is 4.67. The SMILES string of the molecule is C#CCO/N=C(/C(C)=NO)c1ccccc1. The lowest BCUT2D eigenvalue weighted by molar-refractivity contribution is 0.180. The molecule has 4 nitrogen and oxygen atoms in total. The van der Waals surface area contributed by atoms with Crippen LogP contribution in [0.25, 0.3) is 0 Å². The normalized spacial score (nSPS) is 12.0. The van der Waals surface area contributed by atoms with Crippen LogP contribution in [0, 0.1) is 12.3 Å². The largest absolute Gasteiger partial charge is 0.411 e. The third kappa shape index (κ3) is 3.14. The fourth-order valence-electron chi connectivity index (χ4n) is 1.11. The smallest absolute Gasteiger partial charge is 0.177 e. The molecule has 0 fully saturated rings. The monoisotopic (exact) mass is 216 g/mol. The van der Waals surface area contributed by atoms with Crippen molar-refractivity contribution < 1.29 is 10.0 Å². The molecule has 1 rings (SSSR count). The van der Waals surface area contributed by atoms with Crippen molar-refractivity contribution >= 4 is 11.4 Å². The first-order chi connectivity index (χ1) is 7.79. The van der Waals surface area contributed by atoms with Gasteiger partial charge in [0.1, 0.15) is 11.4 Å². The van der Waals surface area contributed by atoms with E-state index < -0.39 is 0 Å². The number of oxime groups is 2. The molecule has 1 N–H and O–H groups in total. The summed E-state index contributed by atoms with van der Waals surface area (Å²) in [6.45, 7) is 1.71. The Morgan fingerprint density at radius 1 is 1.44 bits per heavy atom. The third-order valence-corrected chi connectivity index (χ3v) is 1.84.